The molecular formula is C13H15N3O2S2. The van der Waals surface area contributed by atoms with Gasteiger partial charge in [0, 0.05) is 11.8 Å². The molecule has 7 heteroatoms. The van der Waals surface area contributed by atoms with Crippen molar-refractivity contribution in [2.75, 3.05) is 17.6 Å². The lowest BCUT2D eigenvalue weighted by Gasteiger charge is -2.21. The van der Waals surface area contributed by atoms with E-state index in [0.717, 1.165) is 11.2 Å². The smallest absolute Gasteiger partial charge is 0.319 e. The summed E-state index contributed by atoms with van der Waals surface area (Å²) >= 11 is 3.38. The number of benzene rings is 1. The number of rotatable bonds is 4. The highest BCUT2D eigenvalue weighted by atomic mass is 32.2. The van der Waals surface area contributed by atoms with Crippen molar-refractivity contribution in [3.05, 3.63) is 27.8 Å². The molecule has 0 saturated carbocycles. The number of nitro benzene ring substituents is 1. The molecule has 1 aromatic heterocycles. The van der Waals surface area contributed by atoms with Gasteiger partial charge in [-0.3, -0.25) is 10.1 Å². The fourth-order valence-corrected chi connectivity index (χ4v) is 4.35. The Morgan fingerprint density at radius 2 is 2.35 bits per heavy atom. The molecule has 0 amide bonds. The van der Waals surface area contributed by atoms with Gasteiger partial charge in [0.15, 0.2) is 5.52 Å². The van der Waals surface area contributed by atoms with Gasteiger partial charge in [0.05, 0.1) is 15.1 Å². The van der Waals surface area contributed by atoms with E-state index in [1.165, 1.54) is 36.4 Å². The second-order valence-corrected chi connectivity index (χ2v) is 7.08. The number of nitrogens with zero attached hydrogens (tertiary/aromatic N) is 2. The van der Waals surface area contributed by atoms with Gasteiger partial charge in [0.2, 0.25) is 0 Å². The molecule has 20 heavy (non-hydrogen) atoms. The van der Waals surface area contributed by atoms with Crippen molar-refractivity contribution in [1.29, 1.82) is 0 Å². The highest BCUT2D eigenvalue weighted by molar-refractivity contribution is 7.99. The van der Waals surface area contributed by atoms with Gasteiger partial charge in [-0.05, 0) is 30.7 Å². The molecule has 106 valence electrons. The van der Waals surface area contributed by atoms with E-state index in [1.54, 1.807) is 11.6 Å². The van der Waals surface area contributed by atoms with Crippen molar-refractivity contribution < 1.29 is 4.92 Å². The van der Waals surface area contributed by atoms with Crippen LogP contribution in [0.3, 0.4) is 0 Å². The van der Waals surface area contributed by atoms with E-state index in [2.05, 4.69) is 10.3 Å². The molecule has 1 N–H and O–H groups in total. The minimum Gasteiger partial charge on any atom is -0.378 e. The average Bonchev–Trinajstić information content (AvgIpc) is 2.93. The van der Waals surface area contributed by atoms with Crippen molar-refractivity contribution in [3.8, 4) is 0 Å². The summed E-state index contributed by atoms with van der Waals surface area (Å²) in [5.74, 6) is 1.19. The Balaban J connectivity index is 1.82. The van der Waals surface area contributed by atoms with Crippen LogP contribution in [0.4, 0.5) is 11.4 Å². The first-order valence-corrected chi connectivity index (χ1v) is 8.54. The number of thiazole rings is 1. The van der Waals surface area contributed by atoms with E-state index in [0.29, 0.717) is 16.5 Å². The third-order valence-electron chi connectivity index (χ3n) is 3.45. The Morgan fingerprint density at radius 3 is 3.10 bits per heavy atom. The van der Waals surface area contributed by atoms with Gasteiger partial charge >= 0.3 is 5.69 Å². The SMILES string of the molecule is O=[N+]([O-])c1c(NCC2CCCCS2)ccc2scnc12. The van der Waals surface area contributed by atoms with E-state index in [4.69, 9.17) is 0 Å². The molecule has 1 aliphatic rings. The summed E-state index contributed by atoms with van der Waals surface area (Å²) in [7, 11) is 0. The maximum absolute atomic E-state index is 11.3. The number of fused-ring (bicyclic) bond motifs is 1. The molecule has 2 aromatic rings. The number of nitrogens with one attached hydrogen (secondary N) is 1. The predicted octanol–water partition coefficient (Wildman–Crippen LogP) is 3.90. The molecule has 0 radical (unpaired) electrons. The van der Waals surface area contributed by atoms with Gasteiger partial charge in [-0.15, -0.1) is 11.3 Å². The van der Waals surface area contributed by atoms with Crippen LogP contribution in [0.1, 0.15) is 19.3 Å². The van der Waals surface area contributed by atoms with Crippen LogP contribution in [0.25, 0.3) is 10.2 Å². The number of nitro groups is 1. The van der Waals surface area contributed by atoms with Gasteiger partial charge < -0.3 is 5.32 Å². The van der Waals surface area contributed by atoms with Crippen molar-refractivity contribution >= 4 is 44.7 Å². The molecule has 1 aromatic carbocycles. The molecule has 1 atom stereocenters. The second kappa shape index (κ2) is 5.97. The van der Waals surface area contributed by atoms with Crippen LogP contribution in [-0.4, -0.2) is 27.5 Å². The molecular weight excluding hydrogens is 294 g/mol. The lowest BCUT2D eigenvalue weighted by Crippen LogP contribution is -2.20. The Labute approximate surface area is 124 Å². The monoisotopic (exact) mass is 309 g/mol. The van der Waals surface area contributed by atoms with Gasteiger partial charge in [-0.2, -0.15) is 11.8 Å². The van der Waals surface area contributed by atoms with Gasteiger partial charge in [-0.1, -0.05) is 6.42 Å². The first kappa shape index (κ1) is 13.6. The average molecular weight is 309 g/mol. The van der Waals surface area contributed by atoms with Gasteiger partial charge in [0.1, 0.15) is 5.69 Å². The van der Waals surface area contributed by atoms with Crippen LogP contribution in [-0.2, 0) is 0 Å². The topological polar surface area (TPSA) is 68.1 Å². The zero-order chi connectivity index (χ0) is 13.9. The predicted molar refractivity (Wildman–Crippen MR) is 84.9 cm³/mol. The van der Waals surface area contributed by atoms with Gasteiger partial charge in [0.25, 0.3) is 0 Å². The highest BCUT2D eigenvalue weighted by Gasteiger charge is 2.21. The Hall–Kier alpha value is -1.34. The van der Waals surface area contributed by atoms with E-state index in [1.807, 2.05) is 17.8 Å². The molecule has 0 aliphatic carbocycles. The number of aromatic nitrogens is 1. The summed E-state index contributed by atoms with van der Waals surface area (Å²) in [4.78, 5) is 15.1. The third kappa shape index (κ3) is 2.73. The molecule has 1 fully saturated rings. The highest BCUT2D eigenvalue weighted by Crippen LogP contribution is 2.35. The maximum Gasteiger partial charge on any atom is 0.319 e. The van der Waals surface area contributed by atoms with Crippen molar-refractivity contribution in [2.24, 2.45) is 0 Å². The fourth-order valence-electron chi connectivity index (χ4n) is 2.44. The lowest BCUT2D eigenvalue weighted by molar-refractivity contribution is -0.382. The molecule has 2 heterocycles. The van der Waals surface area contributed by atoms with Crippen LogP contribution in [0.2, 0.25) is 0 Å². The van der Waals surface area contributed by atoms with Crippen LogP contribution < -0.4 is 5.32 Å². The van der Waals surface area contributed by atoms with Crippen LogP contribution in [0.15, 0.2) is 17.6 Å². The third-order valence-corrected chi connectivity index (χ3v) is 5.64. The van der Waals surface area contributed by atoms with Crippen molar-refractivity contribution in [3.63, 3.8) is 0 Å². The molecule has 5 nitrogen and oxygen atoms in total. The number of hydrogen-bond donors (Lipinski definition) is 1. The van der Waals surface area contributed by atoms with E-state index in [-0.39, 0.29) is 10.6 Å². The minimum atomic E-state index is -0.335. The molecule has 1 unspecified atom stereocenters. The summed E-state index contributed by atoms with van der Waals surface area (Å²) in [6.07, 6.45) is 3.73. The summed E-state index contributed by atoms with van der Waals surface area (Å²) in [6, 6.07) is 3.70. The molecule has 0 bridgehead atoms. The first-order valence-electron chi connectivity index (χ1n) is 6.62. The summed E-state index contributed by atoms with van der Waals surface area (Å²) < 4.78 is 0.856. The lowest BCUT2D eigenvalue weighted by atomic mass is 10.2. The Bertz CT molecular complexity index is 623. The standard InChI is InChI=1S/C13H15N3O2S2/c17-16(18)13-10(4-5-11-12(13)15-8-20-11)14-7-9-3-1-2-6-19-9/h4-5,8-9,14H,1-3,6-7H2. The molecule has 0 spiro atoms. The summed E-state index contributed by atoms with van der Waals surface area (Å²) in [5.41, 5.74) is 2.82. The summed E-state index contributed by atoms with van der Waals surface area (Å²) in [6.45, 7) is 0.779. The largest absolute Gasteiger partial charge is 0.378 e. The van der Waals surface area contributed by atoms with Crippen LogP contribution in [0.5, 0.6) is 0 Å². The molecule has 1 aliphatic heterocycles. The minimum absolute atomic E-state index is 0.101. The second-order valence-electron chi connectivity index (χ2n) is 4.79. The van der Waals surface area contributed by atoms with Crippen LogP contribution in [0, 0.1) is 10.1 Å². The number of anilines is 1. The quantitative estimate of drug-likeness (QED) is 0.685. The zero-order valence-corrected chi connectivity index (χ0v) is 12.5. The normalized spacial score (nSPS) is 19.1. The van der Waals surface area contributed by atoms with E-state index >= 15 is 0 Å². The molecule has 3 rings (SSSR count). The van der Waals surface area contributed by atoms with Crippen molar-refractivity contribution in [2.45, 2.75) is 24.5 Å². The van der Waals surface area contributed by atoms with Crippen molar-refractivity contribution in [1.82, 2.24) is 4.98 Å². The Kier molecular flexibility index (Phi) is 4.07. The van der Waals surface area contributed by atoms with E-state index in [9.17, 15) is 10.1 Å². The number of hydrogen-bond acceptors (Lipinski definition) is 6. The van der Waals surface area contributed by atoms with Crippen LogP contribution >= 0.6 is 23.1 Å². The summed E-state index contributed by atoms with van der Waals surface area (Å²) in [5, 5.41) is 15.1. The molecule has 1 saturated heterocycles. The fraction of sp³-hybridized carbons (Fsp3) is 0.462. The Morgan fingerprint density at radius 1 is 1.45 bits per heavy atom. The number of thioether (sulfide) groups is 1. The first-order chi connectivity index (χ1) is 9.75. The zero-order valence-electron chi connectivity index (χ0n) is 10.9. The maximum atomic E-state index is 11.3. The van der Waals surface area contributed by atoms with E-state index < -0.39 is 0 Å². The van der Waals surface area contributed by atoms with Gasteiger partial charge in [-0.25, -0.2) is 4.98 Å².